The fourth-order valence-corrected chi connectivity index (χ4v) is 3.63. The summed E-state index contributed by atoms with van der Waals surface area (Å²) in [5.41, 5.74) is 0. The number of rotatable bonds is 4. The van der Waals surface area contributed by atoms with Crippen molar-refractivity contribution in [2.24, 2.45) is 0 Å². The van der Waals surface area contributed by atoms with E-state index in [1.54, 1.807) is 0 Å². The Hall–Kier alpha value is -0.630. The largest absolute Gasteiger partial charge is 0.475 e. The molecule has 0 N–H and O–H groups in total. The molecule has 1 aromatic rings. The molecule has 0 amide bonds. The molecule has 0 atom stereocenters. The Morgan fingerprint density at radius 2 is 1.80 bits per heavy atom. The molecule has 0 spiro atoms. The Morgan fingerprint density at radius 1 is 1.13 bits per heavy atom. The van der Waals surface area contributed by atoms with Crippen LogP contribution in [0.2, 0.25) is 0 Å². The number of thioether (sulfide) groups is 1. The van der Waals surface area contributed by atoms with E-state index < -0.39 is 0 Å². The van der Waals surface area contributed by atoms with E-state index in [0.29, 0.717) is 0 Å². The van der Waals surface area contributed by atoms with Gasteiger partial charge in [-0.25, -0.2) is 0 Å². The molecule has 1 nitrogen and oxygen atoms in total. The summed E-state index contributed by atoms with van der Waals surface area (Å²) in [4.78, 5) is 1.33. The summed E-state index contributed by atoms with van der Waals surface area (Å²) in [6.45, 7) is 4.45. The van der Waals surface area contributed by atoms with Crippen molar-refractivity contribution >= 4 is 11.8 Å². The van der Waals surface area contributed by atoms with E-state index >= 15 is 0 Å². The number of fused-ring (bicyclic) bond motifs is 1. The Bertz CT molecular complexity index is 302. The fourth-order valence-electron chi connectivity index (χ4n) is 2.13. The lowest BCUT2D eigenvalue weighted by atomic mass is 10.1. The first-order valence-electron chi connectivity index (χ1n) is 5.77. The highest BCUT2D eigenvalue weighted by Gasteiger charge is 2.38. The van der Waals surface area contributed by atoms with Crippen molar-refractivity contribution in [3.8, 4) is 5.75 Å². The van der Waals surface area contributed by atoms with Gasteiger partial charge in [-0.3, -0.25) is 0 Å². The molecule has 0 radical (unpaired) electrons. The van der Waals surface area contributed by atoms with Gasteiger partial charge in [0, 0.05) is 0 Å². The lowest BCUT2D eigenvalue weighted by Crippen LogP contribution is -2.28. The van der Waals surface area contributed by atoms with Crippen LogP contribution in [0.5, 0.6) is 5.75 Å². The van der Waals surface area contributed by atoms with Crippen LogP contribution in [0.1, 0.15) is 39.5 Å². The van der Waals surface area contributed by atoms with E-state index in [1.165, 1.54) is 17.7 Å². The van der Waals surface area contributed by atoms with Crippen LogP contribution in [0.25, 0.3) is 0 Å². The van der Waals surface area contributed by atoms with Gasteiger partial charge in [-0.05, 0) is 25.0 Å². The highest BCUT2D eigenvalue weighted by molar-refractivity contribution is 8.00. The number of para-hydroxylation sites is 1. The third-order valence-corrected chi connectivity index (χ3v) is 4.12. The molecule has 82 valence electrons. The van der Waals surface area contributed by atoms with Crippen molar-refractivity contribution in [3.63, 3.8) is 0 Å². The van der Waals surface area contributed by atoms with Gasteiger partial charge < -0.3 is 4.74 Å². The molecule has 0 bridgehead atoms. The van der Waals surface area contributed by atoms with Crippen LogP contribution < -0.4 is 4.74 Å². The molecule has 0 unspecified atom stereocenters. The Morgan fingerprint density at radius 3 is 2.40 bits per heavy atom. The van der Waals surface area contributed by atoms with Gasteiger partial charge in [0.1, 0.15) is 5.75 Å². The van der Waals surface area contributed by atoms with Gasteiger partial charge in [-0.1, -0.05) is 50.6 Å². The molecule has 1 heterocycles. The number of hydrogen-bond donors (Lipinski definition) is 0. The van der Waals surface area contributed by atoms with Gasteiger partial charge in [0.15, 0.2) is 4.93 Å². The monoisotopic (exact) mass is 222 g/mol. The molecule has 1 aliphatic heterocycles. The van der Waals surface area contributed by atoms with Gasteiger partial charge in [0.2, 0.25) is 0 Å². The topological polar surface area (TPSA) is 9.23 Å². The minimum absolute atomic E-state index is 0.0210. The molecule has 2 heteroatoms. The smallest absolute Gasteiger partial charge is 0.159 e. The maximum Gasteiger partial charge on any atom is 0.159 e. The van der Waals surface area contributed by atoms with Gasteiger partial charge in [0.05, 0.1) is 4.90 Å². The molecule has 0 aliphatic carbocycles. The lowest BCUT2D eigenvalue weighted by molar-refractivity contribution is 0.150. The van der Waals surface area contributed by atoms with E-state index in [9.17, 15) is 0 Å². The third kappa shape index (κ3) is 2.15. The van der Waals surface area contributed by atoms with E-state index in [2.05, 4.69) is 32.0 Å². The maximum absolute atomic E-state index is 6.14. The summed E-state index contributed by atoms with van der Waals surface area (Å²) >= 11 is 1.91. The maximum atomic E-state index is 6.14. The molecular weight excluding hydrogens is 204 g/mol. The first-order chi connectivity index (χ1) is 7.29. The number of ether oxygens (including phenoxy) is 1. The zero-order valence-corrected chi connectivity index (χ0v) is 10.3. The van der Waals surface area contributed by atoms with Crippen LogP contribution in [0.3, 0.4) is 0 Å². The van der Waals surface area contributed by atoms with E-state index in [1.807, 2.05) is 17.8 Å². The van der Waals surface area contributed by atoms with Crippen molar-refractivity contribution in [3.05, 3.63) is 24.3 Å². The van der Waals surface area contributed by atoms with Crippen LogP contribution in [-0.4, -0.2) is 4.93 Å². The van der Waals surface area contributed by atoms with Crippen molar-refractivity contribution in [2.45, 2.75) is 49.4 Å². The van der Waals surface area contributed by atoms with Crippen molar-refractivity contribution < 1.29 is 4.74 Å². The van der Waals surface area contributed by atoms with Gasteiger partial charge in [-0.15, -0.1) is 0 Å². The SMILES string of the molecule is CCCC1(CCC)Oc2ccccc2S1. The summed E-state index contributed by atoms with van der Waals surface area (Å²) in [6, 6.07) is 8.37. The molecule has 15 heavy (non-hydrogen) atoms. The summed E-state index contributed by atoms with van der Waals surface area (Å²) < 4.78 is 6.14. The normalized spacial score (nSPS) is 17.2. The molecular formula is C13H18OS. The minimum Gasteiger partial charge on any atom is -0.475 e. The zero-order chi connectivity index (χ0) is 10.7. The van der Waals surface area contributed by atoms with Crippen molar-refractivity contribution in [1.82, 2.24) is 0 Å². The molecule has 1 aromatic carbocycles. The molecule has 0 aromatic heterocycles. The average molecular weight is 222 g/mol. The van der Waals surface area contributed by atoms with E-state index in [0.717, 1.165) is 18.6 Å². The van der Waals surface area contributed by atoms with Gasteiger partial charge >= 0.3 is 0 Å². The second-order valence-corrected chi connectivity index (χ2v) is 5.45. The van der Waals surface area contributed by atoms with Crippen LogP contribution >= 0.6 is 11.8 Å². The molecule has 0 saturated carbocycles. The van der Waals surface area contributed by atoms with Crippen molar-refractivity contribution in [2.75, 3.05) is 0 Å². The standard InChI is InChI=1S/C13H18OS/c1-3-9-13(10-4-2)14-11-7-5-6-8-12(11)15-13/h5-8H,3-4,9-10H2,1-2H3. The second kappa shape index (κ2) is 4.48. The van der Waals surface area contributed by atoms with Crippen LogP contribution in [0.4, 0.5) is 0 Å². The first kappa shape index (κ1) is 10.9. The molecule has 2 rings (SSSR count). The molecule has 1 aliphatic rings. The van der Waals surface area contributed by atoms with Crippen molar-refractivity contribution in [1.29, 1.82) is 0 Å². The summed E-state index contributed by atoms with van der Waals surface area (Å²) in [6.07, 6.45) is 4.64. The number of benzene rings is 1. The summed E-state index contributed by atoms with van der Waals surface area (Å²) in [7, 11) is 0. The molecule has 0 saturated heterocycles. The van der Waals surface area contributed by atoms with E-state index in [-0.39, 0.29) is 4.93 Å². The van der Waals surface area contributed by atoms with Gasteiger partial charge in [0.25, 0.3) is 0 Å². The fraction of sp³-hybridized carbons (Fsp3) is 0.538. The number of hydrogen-bond acceptors (Lipinski definition) is 2. The van der Waals surface area contributed by atoms with Gasteiger partial charge in [-0.2, -0.15) is 0 Å². The highest BCUT2D eigenvalue weighted by Crippen LogP contribution is 2.51. The predicted molar refractivity (Wildman–Crippen MR) is 65.5 cm³/mol. The van der Waals surface area contributed by atoms with Crippen LogP contribution in [-0.2, 0) is 0 Å². The minimum atomic E-state index is 0.0210. The zero-order valence-electron chi connectivity index (χ0n) is 9.45. The third-order valence-electron chi connectivity index (χ3n) is 2.70. The Kier molecular flexibility index (Phi) is 3.25. The Balaban J connectivity index is 2.19. The lowest BCUT2D eigenvalue weighted by Gasteiger charge is -2.26. The van der Waals surface area contributed by atoms with Crippen LogP contribution in [0, 0.1) is 0 Å². The average Bonchev–Trinajstić information content (AvgIpc) is 2.56. The first-order valence-corrected chi connectivity index (χ1v) is 6.58. The summed E-state index contributed by atoms with van der Waals surface area (Å²) in [5, 5.41) is 0. The highest BCUT2D eigenvalue weighted by atomic mass is 32.2. The molecule has 0 fully saturated rings. The van der Waals surface area contributed by atoms with E-state index in [4.69, 9.17) is 4.74 Å². The predicted octanol–water partition coefficient (Wildman–Crippen LogP) is 4.47. The Labute approximate surface area is 96.2 Å². The van der Waals surface area contributed by atoms with Crippen LogP contribution in [0.15, 0.2) is 29.2 Å². The quantitative estimate of drug-likeness (QED) is 0.743. The summed E-state index contributed by atoms with van der Waals surface area (Å²) in [5.74, 6) is 1.07. The second-order valence-electron chi connectivity index (χ2n) is 4.06.